The third-order valence-corrected chi connectivity index (χ3v) is 5.65. The first-order valence-corrected chi connectivity index (χ1v) is 12.0. The van der Waals surface area contributed by atoms with Crippen LogP contribution in [0.15, 0.2) is 42.5 Å². The lowest BCUT2D eigenvalue weighted by atomic mass is 10.1. The van der Waals surface area contributed by atoms with E-state index in [0.29, 0.717) is 44.0 Å². The van der Waals surface area contributed by atoms with Crippen LogP contribution in [0.4, 0.5) is 24.5 Å². The van der Waals surface area contributed by atoms with Crippen molar-refractivity contribution in [1.29, 1.82) is 0 Å². The van der Waals surface area contributed by atoms with E-state index in [9.17, 15) is 32.7 Å². The van der Waals surface area contributed by atoms with Crippen molar-refractivity contribution < 1.29 is 42.6 Å². The van der Waals surface area contributed by atoms with Crippen LogP contribution in [0.5, 0.6) is 0 Å². The molecule has 2 aromatic rings. The van der Waals surface area contributed by atoms with E-state index in [0.717, 1.165) is 11.3 Å². The van der Waals surface area contributed by atoms with Gasteiger partial charge in [0.2, 0.25) is 5.91 Å². The highest BCUT2D eigenvalue weighted by Gasteiger charge is 2.38. The number of piperazine rings is 1. The number of aromatic carboxylic acids is 1. The first kappa shape index (κ1) is 31.1. The van der Waals surface area contributed by atoms with Gasteiger partial charge in [-0.15, -0.1) is 0 Å². The number of hydrogen-bond acceptors (Lipinski definition) is 6. The van der Waals surface area contributed by atoms with Gasteiger partial charge in [0, 0.05) is 37.8 Å². The Morgan fingerprint density at radius 3 is 2.08 bits per heavy atom. The molecule has 0 aliphatic carbocycles. The number of carboxylic acids is 2. The minimum atomic E-state index is -5.08. The second-order valence-electron chi connectivity index (χ2n) is 9.09. The highest BCUT2D eigenvalue weighted by molar-refractivity contribution is 6.07. The van der Waals surface area contributed by atoms with Gasteiger partial charge >= 0.3 is 18.1 Å². The molecule has 1 saturated heterocycles. The Balaban J connectivity index is 0.000000673. The molecule has 0 atom stereocenters. The molecule has 2 amide bonds. The average Bonchev–Trinajstić information content (AvgIpc) is 2.84. The molecule has 39 heavy (non-hydrogen) atoms. The number of benzene rings is 2. The molecule has 0 radical (unpaired) electrons. The number of alkyl halides is 3. The molecule has 2 aromatic carbocycles. The molecule has 1 aliphatic heterocycles. The summed E-state index contributed by atoms with van der Waals surface area (Å²) in [5.41, 5.74) is 2.72. The van der Waals surface area contributed by atoms with Gasteiger partial charge in [-0.25, -0.2) is 9.59 Å². The second-order valence-corrected chi connectivity index (χ2v) is 9.09. The van der Waals surface area contributed by atoms with E-state index < -0.39 is 18.1 Å². The summed E-state index contributed by atoms with van der Waals surface area (Å²) in [4.78, 5) is 49.5. The van der Waals surface area contributed by atoms with E-state index in [-0.39, 0.29) is 23.4 Å². The lowest BCUT2D eigenvalue weighted by molar-refractivity contribution is -0.192. The van der Waals surface area contributed by atoms with Crippen molar-refractivity contribution in [2.75, 3.05) is 42.9 Å². The fraction of sp³-hybridized carbons (Fsp3) is 0.385. The smallest absolute Gasteiger partial charge is 0.478 e. The number of aliphatic carboxylic acids is 1. The minimum Gasteiger partial charge on any atom is -0.478 e. The quantitative estimate of drug-likeness (QED) is 0.411. The first-order chi connectivity index (χ1) is 18.2. The number of carbonyl (C=O) groups is 4. The molecule has 0 unspecified atom stereocenters. The summed E-state index contributed by atoms with van der Waals surface area (Å²) in [6, 6.07) is 12.1. The van der Waals surface area contributed by atoms with Crippen LogP contribution in [-0.4, -0.2) is 83.8 Å². The Bertz CT molecular complexity index is 1190. The summed E-state index contributed by atoms with van der Waals surface area (Å²) in [6.45, 7) is 8.78. The number of rotatable bonds is 7. The number of carboxylic acid groups (broad SMARTS) is 2. The van der Waals surface area contributed by atoms with Crippen LogP contribution < -0.4 is 15.5 Å². The van der Waals surface area contributed by atoms with Crippen molar-refractivity contribution in [2.24, 2.45) is 0 Å². The third kappa shape index (κ3) is 9.60. The van der Waals surface area contributed by atoms with Crippen LogP contribution in [0.1, 0.15) is 40.1 Å². The molecule has 1 aliphatic rings. The van der Waals surface area contributed by atoms with E-state index in [4.69, 9.17) is 9.90 Å². The van der Waals surface area contributed by atoms with E-state index in [1.54, 1.807) is 24.3 Å². The Morgan fingerprint density at radius 1 is 0.974 bits per heavy atom. The standard InChI is InChI=1S/C24H30N4O4.C2HF3O2/c1-16(2)25-22(29)15-27-10-12-28(13-11-27)21-9-8-18(24(31)32)14-20(21)26-23(30)19-7-5-4-6-17(19)3;3-2(4,5)1(6)7/h4-9,14,16H,10-13,15H2,1-3H3,(H,25,29)(H,26,30)(H,31,32);(H,6,7). The van der Waals surface area contributed by atoms with E-state index >= 15 is 0 Å². The van der Waals surface area contributed by atoms with Gasteiger partial charge in [0.25, 0.3) is 5.91 Å². The van der Waals surface area contributed by atoms with Gasteiger partial charge in [0.05, 0.1) is 23.5 Å². The molecule has 10 nitrogen and oxygen atoms in total. The number of anilines is 2. The summed E-state index contributed by atoms with van der Waals surface area (Å²) in [5, 5.41) is 22.3. The minimum absolute atomic E-state index is 0.00504. The molecule has 0 spiro atoms. The molecule has 0 bridgehead atoms. The van der Waals surface area contributed by atoms with Gasteiger partial charge in [0.15, 0.2) is 0 Å². The fourth-order valence-corrected chi connectivity index (χ4v) is 3.78. The normalized spacial score (nSPS) is 13.8. The maximum atomic E-state index is 12.9. The van der Waals surface area contributed by atoms with Gasteiger partial charge in [-0.1, -0.05) is 18.2 Å². The van der Waals surface area contributed by atoms with Crippen LogP contribution in [0.25, 0.3) is 0 Å². The van der Waals surface area contributed by atoms with E-state index in [1.807, 2.05) is 32.9 Å². The number of carbonyl (C=O) groups excluding carboxylic acids is 2. The first-order valence-electron chi connectivity index (χ1n) is 12.0. The van der Waals surface area contributed by atoms with E-state index in [2.05, 4.69) is 20.4 Å². The lowest BCUT2D eigenvalue weighted by Crippen LogP contribution is -2.50. The Labute approximate surface area is 223 Å². The monoisotopic (exact) mass is 552 g/mol. The van der Waals surface area contributed by atoms with Gasteiger partial charge in [0.1, 0.15) is 0 Å². The molecule has 0 saturated carbocycles. The Kier molecular flexibility index (Phi) is 10.8. The van der Waals surface area contributed by atoms with Gasteiger partial charge in [-0.05, 0) is 50.6 Å². The largest absolute Gasteiger partial charge is 0.490 e. The average molecular weight is 553 g/mol. The van der Waals surface area contributed by atoms with Crippen molar-refractivity contribution in [2.45, 2.75) is 33.0 Å². The number of nitrogens with zero attached hydrogens (tertiary/aromatic N) is 2. The number of amides is 2. The molecule has 1 heterocycles. The molecular formula is C26H31F3N4O6. The number of hydrogen-bond donors (Lipinski definition) is 4. The van der Waals surface area contributed by atoms with Crippen molar-refractivity contribution in [1.82, 2.24) is 10.2 Å². The van der Waals surface area contributed by atoms with Gasteiger partial charge in [-0.2, -0.15) is 13.2 Å². The van der Waals surface area contributed by atoms with Crippen LogP contribution in [0, 0.1) is 6.92 Å². The molecule has 0 aromatic heterocycles. The molecule has 3 rings (SSSR count). The van der Waals surface area contributed by atoms with Gasteiger partial charge < -0.3 is 25.7 Å². The summed E-state index contributed by atoms with van der Waals surface area (Å²) in [6.07, 6.45) is -5.08. The highest BCUT2D eigenvalue weighted by atomic mass is 19.4. The van der Waals surface area contributed by atoms with Crippen molar-refractivity contribution in [3.8, 4) is 0 Å². The molecular weight excluding hydrogens is 521 g/mol. The SMILES string of the molecule is Cc1ccccc1C(=O)Nc1cc(C(=O)O)ccc1N1CCN(CC(=O)NC(C)C)CC1.O=C(O)C(F)(F)F. The molecule has 212 valence electrons. The summed E-state index contributed by atoms with van der Waals surface area (Å²) in [5.74, 6) is -4.09. The molecule has 4 N–H and O–H groups in total. The summed E-state index contributed by atoms with van der Waals surface area (Å²) in [7, 11) is 0. The highest BCUT2D eigenvalue weighted by Crippen LogP contribution is 2.29. The van der Waals surface area contributed by atoms with Crippen molar-refractivity contribution in [3.63, 3.8) is 0 Å². The van der Waals surface area contributed by atoms with Crippen LogP contribution in [0.3, 0.4) is 0 Å². The maximum Gasteiger partial charge on any atom is 0.490 e. The van der Waals surface area contributed by atoms with Crippen LogP contribution in [0.2, 0.25) is 0 Å². The topological polar surface area (TPSA) is 139 Å². The fourth-order valence-electron chi connectivity index (χ4n) is 3.78. The summed E-state index contributed by atoms with van der Waals surface area (Å²) >= 11 is 0. The second kappa shape index (κ2) is 13.6. The predicted octanol–water partition coefficient (Wildman–Crippen LogP) is 3.23. The zero-order chi connectivity index (χ0) is 29.3. The van der Waals surface area contributed by atoms with Crippen molar-refractivity contribution >= 4 is 35.1 Å². The van der Waals surface area contributed by atoms with Gasteiger partial charge in [-0.3, -0.25) is 14.5 Å². The van der Waals surface area contributed by atoms with Crippen LogP contribution >= 0.6 is 0 Å². The number of aryl methyl sites for hydroxylation is 1. The zero-order valence-corrected chi connectivity index (χ0v) is 21.7. The predicted molar refractivity (Wildman–Crippen MR) is 138 cm³/mol. The van der Waals surface area contributed by atoms with Crippen molar-refractivity contribution in [3.05, 3.63) is 59.2 Å². The Morgan fingerprint density at radius 2 is 1.56 bits per heavy atom. The molecule has 1 fully saturated rings. The third-order valence-electron chi connectivity index (χ3n) is 5.65. The maximum absolute atomic E-state index is 12.9. The van der Waals surface area contributed by atoms with E-state index in [1.165, 1.54) is 6.07 Å². The number of nitrogens with one attached hydrogen (secondary N) is 2. The van der Waals surface area contributed by atoms with Crippen LogP contribution in [-0.2, 0) is 9.59 Å². The Hall–Kier alpha value is -4.13. The summed E-state index contributed by atoms with van der Waals surface area (Å²) < 4.78 is 31.7. The lowest BCUT2D eigenvalue weighted by Gasteiger charge is -2.36. The molecule has 13 heteroatoms. The zero-order valence-electron chi connectivity index (χ0n) is 21.7. The number of halogens is 3.